The topological polar surface area (TPSA) is 56.8 Å². The molecule has 0 fully saturated rings. The van der Waals surface area contributed by atoms with E-state index in [2.05, 4.69) is 5.32 Å². The van der Waals surface area contributed by atoms with Crippen molar-refractivity contribution >= 4 is 17.5 Å². The van der Waals surface area contributed by atoms with Gasteiger partial charge >= 0.3 is 0 Å². The van der Waals surface area contributed by atoms with Gasteiger partial charge in [-0.15, -0.1) is 0 Å². The summed E-state index contributed by atoms with van der Waals surface area (Å²) in [5, 5.41) is 3.49. The van der Waals surface area contributed by atoms with Crippen molar-refractivity contribution in [2.75, 3.05) is 20.3 Å². The van der Waals surface area contributed by atoms with Crippen molar-refractivity contribution in [3.63, 3.8) is 0 Å². The Labute approximate surface area is 151 Å². The van der Waals surface area contributed by atoms with E-state index in [1.54, 1.807) is 37.4 Å². The first kappa shape index (κ1) is 17.4. The number of methoxy groups -OCH3 is 1. The first-order valence-electron chi connectivity index (χ1n) is 8.12. The molecule has 2 aromatic rings. The number of hydrogen-bond donors (Lipinski definition) is 1. The average molecular weight is 362 g/mol. The van der Waals surface area contributed by atoms with E-state index in [9.17, 15) is 4.79 Å². The molecule has 5 nitrogen and oxygen atoms in total. The van der Waals surface area contributed by atoms with Gasteiger partial charge in [0.1, 0.15) is 5.75 Å². The summed E-state index contributed by atoms with van der Waals surface area (Å²) in [6, 6.07) is 10.2. The molecule has 1 heterocycles. The van der Waals surface area contributed by atoms with Gasteiger partial charge in [0.15, 0.2) is 11.5 Å². The summed E-state index contributed by atoms with van der Waals surface area (Å²) >= 11 is 6.38. The van der Waals surface area contributed by atoms with Gasteiger partial charge in [0, 0.05) is 23.1 Å². The van der Waals surface area contributed by atoms with Crippen LogP contribution < -0.4 is 19.5 Å². The van der Waals surface area contributed by atoms with Crippen molar-refractivity contribution in [3.8, 4) is 17.2 Å². The predicted octanol–water partition coefficient (Wildman–Crippen LogP) is 4.00. The van der Waals surface area contributed by atoms with Crippen LogP contribution in [0.3, 0.4) is 0 Å². The van der Waals surface area contributed by atoms with Crippen LogP contribution in [-0.2, 0) is 0 Å². The van der Waals surface area contributed by atoms with Gasteiger partial charge < -0.3 is 19.5 Å². The Kier molecular flexibility index (Phi) is 5.34. The lowest BCUT2D eigenvalue weighted by Gasteiger charge is -2.18. The summed E-state index contributed by atoms with van der Waals surface area (Å²) in [7, 11) is 1.59. The Bertz CT molecular complexity index is 761. The molecule has 0 spiro atoms. The lowest BCUT2D eigenvalue weighted by atomic mass is 10.1. The van der Waals surface area contributed by atoms with E-state index in [-0.39, 0.29) is 11.9 Å². The molecule has 1 aliphatic rings. The van der Waals surface area contributed by atoms with Crippen LogP contribution >= 0.6 is 11.6 Å². The third kappa shape index (κ3) is 3.99. The summed E-state index contributed by atoms with van der Waals surface area (Å²) in [6.07, 6.45) is 0.825. The Morgan fingerprint density at radius 3 is 2.44 bits per heavy atom. The van der Waals surface area contributed by atoms with Crippen molar-refractivity contribution in [1.29, 1.82) is 0 Å². The van der Waals surface area contributed by atoms with Crippen LogP contribution in [0.1, 0.15) is 35.3 Å². The summed E-state index contributed by atoms with van der Waals surface area (Å²) in [4.78, 5) is 12.4. The SMILES string of the molecule is COc1ccc(C(=O)NC(C)c2cc3c(cc2Cl)OCCCO3)cc1. The molecule has 132 valence electrons. The molecule has 1 unspecified atom stereocenters. The highest BCUT2D eigenvalue weighted by molar-refractivity contribution is 6.31. The maximum atomic E-state index is 12.4. The minimum absolute atomic E-state index is 0.182. The molecule has 1 aliphatic heterocycles. The fraction of sp³-hybridized carbons (Fsp3) is 0.316. The minimum Gasteiger partial charge on any atom is -0.497 e. The average Bonchev–Trinajstić information content (AvgIpc) is 2.85. The molecule has 3 rings (SSSR count). The van der Waals surface area contributed by atoms with Crippen LogP contribution in [0.15, 0.2) is 36.4 Å². The Morgan fingerprint density at radius 1 is 1.16 bits per heavy atom. The molecular formula is C19H20ClNO4. The molecule has 1 atom stereocenters. The second-order valence-corrected chi connectivity index (χ2v) is 6.20. The van der Waals surface area contributed by atoms with Gasteiger partial charge in [0.2, 0.25) is 0 Å². The van der Waals surface area contributed by atoms with E-state index in [0.29, 0.717) is 41.0 Å². The number of halogens is 1. The summed E-state index contributed by atoms with van der Waals surface area (Å²) < 4.78 is 16.4. The van der Waals surface area contributed by atoms with Crippen molar-refractivity contribution in [2.24, 2.45) is 0 Å². The molecule has 25 heavy (non-hydrogen) atoms. The van der Waals surface area contributed by atoms with E-state index in [4.69, 9.17) is 25.8 Å². The Balaban J connectivity index is 1.77. The Morgan fingerprint density at radius 2 is 1.80 bits per heavy atom. The fourth-order valence-corrected chi connectivity index (χ4v) is 2.95. The summed E-state index contributed by atoms with van der Waals surface area (Å²) in [5.74, 6) is 1.82. The van der Waals surface area contributed by atoms with Crippen LogP contribution in [0, 0.1) is 0 Å². The van der Waals surface area contributed by atoms with E-state index >= 15 is 0 Å². The first-order valence-corrected chi connectivity index (χ1v) is 8.50. The molecule has 1 amide bonds. The molecule has 0 aromatic heterocycles. The quantitative estimate of drug-likeness (QED) is 0.894. The van der Waals surface area contributed by atoms with E-state index < -0.39 is 0 Å². The molecular weight excluding hydrogens is 342 g/mol. The monoisotopic (exact) mass is 361 g/mol. The molecule has 0 saturated carbocycles. The van der Waals surface area contributed by atoms with Gasteiger partial charge in [-0.2, -0.15) is 0 Å². The van der Waals surface area contributed by atoms with Gasteiger partial charge in [-0.1, -0.05) is 11.6 Å². The lowest BCUT2D eigenvalue weighted by molar-refractivity contribution is 0.0940. The highest BCUT2D eigenvalue weighted by Gasteiger charge is 2.19. The number of nitrogens with one attached hydrogen (secondary N) is 1. The van der Waals surface area contributed by atoms with E-state index in [1.165, 1.54) is 0 Å². The first-order chi connectivity index (χ1) is 12.1. The second-order valence-electron chi connectivity index (χ2n) is 5.79. The number of hydrogen-bond acceptors (Lipinski definition) is 4. The van der Waals surface area contributed by atoms with E-state index in [1.807, 2.05) is 13.0 Å². The number of amides is 1. The lowest BCUT2D eigenvalue weighted by Crippen LogP contribution is -2.26. The standard InChI is InChI=1S/C19H20ClNO4/c1-12(21-19(22)13-4-6-14(23-2)7-5-13)15-10-17-18(11-16(15)20)25-9-3-8-24-17/h4-7,10-12H,3,8-9H2,1-2H3,(H,21,22). The van der Waals surface area contributed by atoms with Gasteiger partial charge in [-0.25, -0.2) is 0 Å². The number of rotatable bonds is 4. The van der Waals surface area contributed by atoms with Crippen LogP contribution in [0.4, 0.5) is 0 Å². The molecule has 1 N–H and O–H groups in total. The third-order valence-corrected chi connectivity index (χ3v) is 4.36. The van der Waals surface area contributed by atoms with Gasteiger partial charge in [0.25, 0.3) is 5.91 Å². The van der Waals surface area contributed by atoms with Gasteiger partial charge in [-0.3, -0.25) is 4.79 Å². The summed E-state index contributed by atoms with van der Waals surface area (Å²) in [5.41, 5.74) is 1.34. The second kappa shape index (κ2) is 7.66. The Hall–Kier alpha value is -2.40. The molecule has 0 radical (unpaired) electrons. The van der Waals surface area contributed by atoms with Crippen LogP contribution in [0.2, 0.25) is 5.02 Å². The smallest absolute Gasteiger partial charge is 0.251 e. The van der Waals surface area contributed by atoms with Gasteiger partial charge in [0.05, 0.1) is 26.4 Å². The molecule has 2 aromatic carbocycles. The molecule has 0 bridgehead atoms. The number of fused-ring (bicyclic) bond motifs is 1. The van der Waals surface area contributed by atoms with E-state index in [0.717, 1.165) is 12.0 Å². The number of benzene rings is 2. The number of ether oxygens (including phenoxy) is 3. The normalized spacial score (nSPS) is 14.4. The third-order valence-electron chi connectivity index (χ3n) is 4.03. The highest BCUT2D eigenvalue weighted by Crippen LogP contribution is 2.37. The zero-order valence-electron chi connectivity index (χ0n) is 14.2. The maximum Gasteiger partial charge on any atom is 0.251 e. The van der Waals surface area contributed by atoms with Crippen molar-refractivity contribution in [1.82, 2.24) is 5.32 Å². The zero-order valence-corrected chi connectivity index (χ0v) is 14.9. The van der Waals surface area contributed by atoms with Crippen LogP contribution in [-0.4, -0.2) is 26.2 Å². The number of carbonyl (C=O) groups is 1. The largest absolute Gasteiger partial charge is 0.497 e. The molecule has 0 aliphatic carbocycles. The van der Waals surface area contributed by atoms with Gasteiger partial charge in [-0.05, 0) is 42.8 Å². The number of carbonyl (C=O) groups excluding carboxylic acids is 1. The molecule has 6 heteroatoms. The summed E-state index contributed by atoms with van der Waals surface area (Å²) in [6.45, 7) is 3.08. The fourth-order valence-electron chi connectivity index (χ4n) is 2.63. The van der Waals surface area contributed by atoms with Crippen molar-refractivity contribution in [2.45, 2.75) is 19.4 Å². The van der Waals surface area contributed by atoms with Crippen molar-refractivity contribution in [3.05, 3.63) is 52.5 Å². The minimum atomic E-state index is -0.278. The van der Waals surface area contributed by atoms with Crippen molar-refractivity contribution < 1.29 is 19.0 Å². The van der Waals surface area contributed by atoms with Crippen LogP contribution in [0.5, 0.6) is 17.2 Å². The maximum absolute atomic E-state index is 12.4. The molecule has 0 saturated heterocycles. The highest BCUT2D eigenvalue weighted by atomic mass is 35.5. The van der Waals surface area contributed by atoms with Crippen LogP contribution in [0.25, 0.3) is 0 Å². The zero-order chi connectivity index (χ0) is 17.8. The predicted molar refractivity (Wildman–Crippen MR) is 95.9 cm³/mol.